The molecule has 1 aromatic carbocycles. The molecule has 0 radical (unpaired) electrons. The average Bonchev–Trinajstić information content (AvgIpc) is 3.52. The summed E-state index contributed by atoms with van der Waals surface area (Å²) >= 11 is 2.71. The van der Waals surface area contributed by atoms with Gasteiger partial charge in [0.05, 0.1) is 16.3 Å². The second-order valence-corrected chi connectivity index (χ2v) is 9.96. The minimum absolute atomic E-state index is 0.0494. The molecule has 5 rings (SSSR count). The van der Waals surface area contributed by atoms with Crippen molar-refractivity contribution in [2.45, 2.75) is 20.8 Å². The van der Waals surface area contributed by atoms with Crippen LogP contribution in [0.5, 0.6) is 0 Å². The van der Waals surface area contributed by atoms with Gasteiger partial charge in [-0.1, -0.05) is 18.2 Å². The number of carbonyl (C=O) groups excluding carboxylic acids is 1. The van der Waals surface area contributed by atoms with E-state index in [-0.39, 0.29) is 22.2 Å². The lowest BCUT2D eigenvalue weighted by Gasteiger charge is -2.11. The maximum absolute atomic E-state index is 13.1. The molecule has 34 heavy (non-hydrogen) atoms. The van der Waals surface area contributed by atoms with Gasteiger partial charge in [-0.25, -0.2) is 9.98 Å². The Morgan fingerprint density at radius 1 is 1.15 bits per heavy atom. The van der Waals surface area contributed by atoms with Gasteiger partial charge in [-0.05, 0) is 37.6 Å². The second-order valence-electron chi connectivity index (χ2n) is 7.68. The van der Waals surface area contributed by atoms with E-state index in [2.05, 4.69) is 15.2 Å². The van der Waals surface area contributed by atoms with Crippen LogP contribution in [0.15, 0.2) is 58.2 Å². The van der Waals surface area contributed by atoms with E-state index in [9.17, 15) is 9.90 Å². The van der Waals surface area contributed by atoms with E-state index in [1.54, 1.807) is 18.3 Å². The number of nitrogens with zero attached hydrogens (tertiary/aromatic N) is 4. The first-order chi connectivity index (χ1) is 16.3. The second kappa shape index (κ2) is 8.47. The monoisotopic (exact) mass is 489 g/mol. The molecule has 0 saturated carbocycles. The fourth-order valence-corrected chi connectivity index (χ4v) is 5.77. The van der Waals surface area contributed by atoms with E-state index < -0.39 is 5.90 Å². The van der Waals surface area contributed by atoms with Crippen molar-refractivity contribution in [1.82, 2.24) is 10.3 Å². The van der Waals surface area contributed by atoms with Crippen LogP contribution in [0.4, 0.5) is 11.6 Å². The highest BCUT2D eigenvalue weighted by atomic mass is 32.1. The van der Waals surface area contributed by atoms with E-state index in [1.165, 1.54) is 17.8 Å². The van der Waals surface area contributed by atoms with Crippen LogP contribution in [-0.2, 0) is 0 Å². The molecule has 0 aliphatic carbocycles. The lowest BCUT2D eigenvalue weighted by atomic mass is 9.98. The molecule has 0 spiro atoms. The number of aliphatic imine (C=N–C) groups is 1. The number of fused-ring (bicyclic) bond motifs is 1. The summed E-state index contributed by atoms with van der Waals surface area (Å²) in [7, 11) is 0. The number of Topliss-reactive ketones (excluding diaryl/α,β-unsaturated/α-hetero) is 1. The zero-order valence-corrected chi connectivity index (χ0v) is 20.2. The molecular formula is C24H19N5O3S2. The number of ketones is 1. The van der Waals surface area contributed by atoms with Crippen LogP contribution >= 0.6 is 22.7 Å². The predicted octanol–water partition coefficient (Wildman–Crippen LogP) is 4.13. The summed E-state index contributed by atoms with van der Waals surface area (Å²) in [5.74, 6) is -0.621. The van der Waals surface area contributed by atoms with Gasteiger partial charge in [0.25, 0.3) is 6.20 Å². The zero-order valence-electron chi connectivity index (χ0n) is 18.5. The van der Waals surface area contributed by atoms with E-state index >= 15 is 0 Å². The van der Waals surface area contributed by atoms with Crippen LogP contribution in [0.1, 0.15) is 32.7 Å². The quantitative estimate of drug-likeness (QED) is 0.171. The van der Waals surface area contributed by atoms with Crippen LogP contribution in [0.3, 0.4) is 0 Å². The Labute approximate surface area is 202 Å². The molecule has 0 fully saturated rings. The Bertz CT molecular complexity index is 1580. The number of aryl methyl sites for hydroxylation is 2. The van der Waals surface area contributed by atoms with Crippen molar-refractivity contribution in [2.75, 3.05) is 5.73 Å². The summed E-state index contributed by atoms with van der Waals surface area (Å²) < 4.78 is 6.71. The number of carbonyl (C=O) groups is 1. The Balaban J connectivity index is 1.65. The molecule has 0 aliphatic heterocycles. The molecule has 0 saturated heterocycles. The molecule has 4 heterocycles. The van der Waals surface area contributed by atoms with Crippen LogP contribution in [-0.4, -0.2) is 21.9 Å². The topological polar surface area (TPSA) is 121 Å². The molecule has 0 unspecified atom stereocenters. The summed E-state index contributed by atoms with van der Waals surface area (Å²) in [5, 5.41) is 17.6. The highest BCUT2D eigenvalue weighted by Gasteiger charge is 2.24. The molecule has 8 nitrogen and oxygen atoms in total. The predicted molar refractivity (Wildman–Crippen MR) is 131 cm³/mol. The summed E-state index contributed by atoms with van der Waals surface area (Å²) in [6.07, 6.45) is 1.52. The van der Waals surface area contributed by atoms with Crippen LogP contribution in [0, 0.1) is 13.8 Å². The molecule has 5 aromatic rings. The number of anilines is 1. The first kappa shape index (κ1) is 21.9. The van der Waals surface area contributed by atoms with Crippen LogP contribution in [0.2, 0.25) is 0 Å². The van der Waals surface area contributed by atoms with Gasteiger partial charge in [-0.15, -0.1) is 22.7 Å². The normalized spacial score (nSPS) is 11.9. The Morgan fingerprint density at radius 2 is 1.91 bits per heavy atom. The van der Waals surface area contributed by atoms with Gasteiger partial charge in [0.15, 0.2) is 5.78 Å². The fraction of sp³-hybridized carbons (Fsp3) is 0.125. The molecular weight excluding hydrogens is 470 g/mol. The lowest BCUT2D eigenvalue weighted by Crippen LogP contribution is -2.30. The number of hydrogen-bond donors (Lipinski definition) is 1. The maximum Gasteiger partial charge on any atom is 0.321 e. The lowest BCUT2D eigenvalue weighted by molar-refractivity contribution is -0.670. The van der Waals surface area contributed by atoms with Crippen LogP contribution in [0.25, 0.3) is 26.3 Å². The smallest absolute Gasteiger partial charge is 0.321 e. The molecule has 2 N–H and O–H groups in total. The SMILES string of the molecule is CC(=O)c1c(C)nc2sc(/C([O-])=N/c3c[n+](-c4ccccc4)no3)c(N)c2c1-c1ccc(C)s1. The maximum atomic E-state index is 13.1. The molecule has 4 aromatic heterocycles. The van der Waals surface area contributed by atoms with Crippen molar-refractivity contribution in [2.24, 2.45) is 4.99 Å². The number of para-hydroxylation sites is 1. The number of benzene rings is 1. The molecule has 170 valence electrons. The van der Waals surface area contributed by atoms with E-state index in [0.29, 0.717) is 27.0 Å². The summed E-state index contributed by atoms with van der Waals surface area (Å²) in [6.45, 7) is 5.30. The average molecular weight is 490 g/mol. The minimum atomic E-state index is -0.563. The van der Waals surface area contributed by atoms with Gasteiger partial charge in [-0.3, -0.25) is 9.32 Å². The third kappa shape index (κ3) is 3.76. The van der Waals surface area contributed by atoms with Gasteiger partial charge < -0.3 is 10.8 Å². The van der Waals surface area contributed by atoms with Gasteiger partial charge in [0.2, 0.25) is 11.0 Å². The molecule has 0 atom stereocenters. The van der Waals surface area contributed by atoms with Gasteiger partial charge >= 0.3 is 5.88 Å². The highest BCUT2D eigenvalue weighted by molar-refractivity contribution is 7.21. The van der Waals surface area contributed by atoms with Crippen molar-refractivity contribution in [1.29, 1.82) is 0 Å². The minimum Gasteiger partial charge on any atom is -0.857 e. The number of hydrogen-bond acceptors (Lipinski definition) is 9. The number of rotatable bonds is 5. The van der Waals surface area contributed by atoms with Gasteiger partial charge in [0.1, 0.15) is 4.83 Å². The summed E-state index contributed by atoms with van der Waals surface area (Å²) in [6, 6.07) is 13.3. The van der Waals surface area contributed by atoms with E-state index in [0.717, 1.165) is 26.8 Å². The first-order valence-electron chi connectivity index (χ1n) is 10.3. The third-order valence-electron chi connectivity index (χ3n) is 5.28. The van der Waals surface area contributed by atoms with Crippen molar-refractivity contribution in [3.05, 3.63) is 69.7 Å². The molecule has 0 bridgehead atoms. The molecule has 0 aliphatic rings. The van der Waals surface area contributed by atoms with Crippen molar-refractivity contribution in [3.8, 4) is 16.1 Å². The number of nitrogen functional groups attached to an aromatic ring is 1. The number of thiophene rings is 2. The van der Waals surface area contributed by atoms with Crippen LogP contribution < -0.4 is 15.5 Å². The molecule has 10 heteroatoms. The molecule has 0 amide bonds. The van der Waals surface area contributed by atoms with Crippen molar-refractivity contribution < 1.29 is 19.1 Å². The fourth-order valence-electron chi connectivity index (χ4n) is 3.81. The first-order valence-corrected chi connectivity index (χ1v) is 12.0. The Kier molecular flexibility index (Phi) is 5.46. The summed E-state index contributed by atoms with van der Waals surface area (Å²) in [4.78, 5) is 24.0. The summed E-state index contributed by atoms with van der Waals surface area (Å²) in [5.41, 5.74) is 9.32. The zero-order chi connectivity index (χ0) is 24.0. The largest absolute Gasteiger partial charge is 0.857 e. The third-order valence-corrected chi connectivity index (χ3v) is 7.38. The van der Waals surface area contributed by atoms with E-state index in [1.807, 2.05) is 49.4 Å². The van der Waals surface area contributed by atoms with Crippen molar-refractivity contribution >= 4 is 56.1 Å². The highest BCUT2D eigenvalue weighted by Crippen LogP contribution is 2.44. The van der Waals surface area contributed by atoms with Crippen molar-refractivity contribution in [3.63, 3.8) is 0 Å². The van der Waals surface area contributed by atoms with E-state index in [4.69, 9.17) is 10.3 Å². The standard InChI is InChI=1S/C24H19N5O3S2/c1-12-9-10-16(33-12)19-18(14(3)30)13(2)26-24-20(19)21(25)22(34-24)23(31)27-17-11-29(28-32-17)15-7-5-4-6-8-15/h4-11H,1-3H3,(H2-,25,27,28,31). The number of nitrogens with two attached hydrogens (primary N) is 1. The number of pyridine rings is 1. The van der Waals surface area contributed by atoms with Gasteiger partial charge in [-0.2, -0.15) is 0 Å². The number of aromatic nitrogens is 3. The van der Waals surface area contributed by atoms with Gasteiger partial charge in [0, 0.05) is 44.3 Å². The Hall–Kier alpha value is -3.89. The Morgan fingerprint density at radius 3 is 2.59 bits per heavy atom.